The third-order valence-corrected chi connectivity index (χ3v) is 3.30. The van der Waals surface area contributed by atoms with Gasteiger partial charge in [-0.3, -0.25) is 4.40 Å². The molecule has 0 bridgehead atoms. The summed E-state index contributed by atoms with van der Waals surface area (Å²) < 4.78 is 1.79. The Bertz CT molecular complexity index is 502. The van der Waals surface area contributed by atoms with Gasteiger partial charge in [0.15, 0.2) is 0 Å². The Labute approximate surface area is 98.7 Å². The van der Waals surface area contributed by atoms with Crippen molar-refractivity contribution in [2.75, 3.05) is 6.54 Å². The molecule has 3 heterocycles. The van der Waals surface area contributed by atoms with Gasteiger partial charge in [-0.15, -0.1) is 0 Å². The highest BCUT2D eigenvalue weighted by molar-refractivity contribution is 6.29. The van der Waals surface area contributed by atoms with Crippen molar-refractivity contribution in [1.82, 2.24) is 19.7 Å². The molecule has 2 aromatic heterocycles. The molecule has 1 saturated heterocycles. The van der Waals surface area contributed by atoms with E-state index in [-0.39, 0.29) is 0 Å². The van der Waals surface area contributed by atoms with Gasteiger partial charge in [-0.05, 0) is 25.5 Å². The van der Waals surface area contributed by atoms with Gasteiger partial charge in [-0.1, -0.05) is 18.0 Å². The second-order valence-corrected chi connectivity index (χ2v) is 4.49. The van der Waals surface area contributed by atoms with Crippen molar-refractivity contribution in [3.8, 4) is 0 Å². The van der Waals surface area contributed by atoms with Crippen LogP contribution in [0.2, 0.25) is 5.15 Å². The van der Waals surface area contributed by atoms with Crippen LogP contribution >= 0.6 is 11.6 Å². The molecular weight excluding hydrogens is 224 g/mol. The maximum atomic E-state index is 5.96. The third kappa shape index (κ3) is 1.68. The van der Waals surface area contributed by atoms with Crippen LogP contribution in [-0.2, 0) is 0 Å². The number of piperidine rings is 1. The lowest BCUT2D eigenvalue weighted by Gasteiger charge is -2.22. The van der Waals surface area contributed by atoms with E-state index in [1.165, 1.54) is 12.8 Å². The fourth-order valence-corrected chi connectivity index (χ4v) is 2.33. The number of aromatic nitrogens is 3. The average Bonchev–Trinajstić information content (AvgIpc) is 2.72. The van der Waals surface area contributed by atoms with Gasteiger partial charge in [-0.2, -0.15) is 0 Å². The van der Waals surface area contributed by atoms with Gasteiger partial charge in [0.2, 0.25) is 5.78 Å². The van der Waals surface area contributed by atoms with Crippen LogP contribution in [0.1, 0.15) is 31.0 Å². The van der Waals surface area contributed by atoms with Crippen molar-refractivity contribution in [3.63, 3.8) is 0 Å². The molecule has 1 unspecified atom stereocenters. The molecular formula is C11H13ClN4. The number of hydrogen-bond donors (Lipinski definition) is 1. The highest BCUT2D eigenvalue weighted by Gasteiger charge is 2.16. The maximum absolute atomic E-state index is 5.96. The first kappa shape index (κ1) is 10.1. The summed E-state index contributed by atoms with van der Waals surface area (Å²) in [6.45, 7) is 1.08. The lowest BCUT2D eigenvalue weighted by molar-refractivity contribution is 0.405. The van der Waals surface area contributed by atoms with E-state index in [0.29, 0.717) is 17.0 Å². The maximum Gasteiger partial charge on any atom is 0.235 e. The molecule has 0 spiro atoms. The Kier molecular flexibility index (Phi) is 2.53. The van der Waals surface area contributed by atoms with Crippen LogP contribution < -0.4 is 5.32 Å². The zero-order valence-corrected chi connectivity index (χ0v) is 9.61. The summed E-state index contributed by atoms with van der Waals surface area (Å²) in [6, 6.07) is 2.39. The molecule has 16 heavy (non-hydrogen) atoms. The normalized spacial score (nSPS) is 21.4. The second kappa shape index (κ2) is 4.03. The van der Waals surface area contributed by atoms with Crippen LogP contribution in [0.5, 0.6) is 0 Å². The van der Waals surface area contributed by atoms with Crippen LogP contribution in [0, 0.1) is 0 Å². The van der Waals surface area contributed by atoms with E-state index in [0.717, 1.165) is 18.7 Å². The van der Waals surface area contributed by atoms with E-state index < -0.39 is 0 Å². The number of rotatable bonds is 1. The zero-order chi connectivity index (χ0) is 11.0. The molecule has 5 heteroatoms. The number of hydrogen-bond acceptors (Lipinski definition) is 3. The first-order chi connectivity index (χ1) is 7.84. The van der Waals surface area contributed by atoms with Gasteiger partial charge in [0.1, 0.15) is 5.15 Å². The van der Waals surface area contributed by atoms with Crippen molar-refractivity contribution >= 4 is 17.4 Å². The Balaban J connectivity index is 1.97. The molecule has 0 aromatic carbocycles. The molecule has 2 aromatic rings. The van der Waals surface area contributed by atoms with Crippen molar-refractivity contribution in [3.05, 3.63) is 29.3 Å². The van der Waals surface area contributed by atoms with Crippen LogP contribution in [0.15, 0.2) is 18.5 Å². The summed E-state index contributed by atoms with van der Waals surface area (Å²) in [5.41, 5.74) is 1.06. The van der Waals surface area contributed by atoms with Crippen molar-refractivity contribution in [1.29, 1.82) is 0 Å². The molecule has 0 saturated carbocycles. The van der Waals surface area contributed by atoms with Gasteiger partial charge in [0.25, 0.3) is 0 Å². The van der Waals surface area contributed by atoms with Crippen LogP contribution in [0.25, 0.3) is 5.78 Å². The zero-order valence-electron chi connectivity index (χ0n) is 8.86. The molecule has 0 amide bonds. The van der Waals surface area contributed by atoms with E-state index >= 15 is 0 Å². The monoisotopic (exact) mass is 236 g/mol. The molecule has 4 nitrogen and oxygen atoms in total. The standard InChI is InChI=1S/C11H13ClN4/c12-10-7-14-11-15-9(4-6-16(10)11)8-3-1-2-5-13-8/h4,6-8,13H,1-3,5H2. The number of nitrogens with zero attached hydrogens (tertiary/aromatic N) is 3. The van der Waals surface area contributed by atoms with E-state index in [1.54, 1.807) is 10.6 Å². The largest absolute Gasteiger partial charge is 0.309 e. The lowest BCUT2D eigenvalue weighted by atomic mass is 10.0. The lowest BCUT2D eigenvalue weighted by Crippen LogP contribution is -2.27. The predicted octanol–water partition coefficient (Wildman–Crippen LogP) is 2.20. The van der Waals surface area contributed by atoms with Gasteiger partial charge >= 0.3 is 0 Å². The SMILES string of the molecule is Clc1cnc2nc(C3CCCCN3)ccn12. The van der Waals surface area contributed by atoms with Gasteiger partial charge in [-0.25, -0.2) is 9.97 Å². The summed E-state index contributed by atoms with van der Waals surface area (Å²) >= 11 is 5.96. The highest BCUT2D eigenvalue weighted by Crippen LogP contribution is 2.22. The average molecular weight is 237 g/mol. The first-order valence-corrected chi connectivity index (χ1v) is 5.95. The van der Waals surface area contributed by atoms with Crippen LogP contribution in [0.3, 0.4) is 0 Å². The molecule has 1 atom stereocenters. The molecule has 1 aliphatic rings. The van der Waals surface area contributed by atoms with Crippen molar-refractivity contribution in [2.24, 2.45) is 0 Å². The fraction of sp³-hybridized carbons (Fsp3) is 0.455. The number of halogens is 1. The van der Waals surface area contributed by atoms with Crippen molar-refractivity contribution in [2.45, 2.75) is 25.3 Å². The topological polar surface area (TPSA) is 42.2 Å². The third-order valence-electron chi connectivity index (χ3n) is 3.02. The Morgan fingerprint density at radius 3 is 3.19 bits per heavy atom. The van der Waals surface area contributed by atoms with Crippen LogP contribution in [-0.4, -0.2) is 20.9 Å². The Morgan fingerprint density at radius 2 is 2.38 bits per heavy atom. The first-order valence-electron chi connectivity index (χ1n) is 5.57. The molecule has 1 N–H and O–H groups in total. The summed E-state index contributed by atoms with van der Waals surface area (Å²) in [4.78, 5) is 8.69. The molecule has 1 fully saturated rings. The van der Waals surface area contributed by atoms with Gasteiger partial charge in [0.05, 0.1) is 11.9 Å². The van der Waals surface area contributed by atoms with E-state index in [9.17, 15) is 0 Å². The number of imidazole rings is 1. The molecule has 3 rings (SSSR count). The minimum Gasteiger partial charge on any atom is -0.309 e. The van der Waals surface area contributed by atoms with E-state index in [2.05, 4.69) is 15.3 Å². The minimum atomic E-state index is 0.370. The number of nitrogens with one attached hydrogen (secondary N) is 1. The van der Waals surface area contributed by atoms with Crippen LogP contribution in [0.4, 0.5) is 0 Å². The fourth-order valence-electron chi connectivity index (χ4n) is 2.15. The van der Waals surface area contributed by atoms with Gasteiger partial charge in [0, 0.05) is 12.2 Å². The summed E-state index contributed by atoms with van der Waals surface area (Å²) in [5.74, 6) is 0.676. The Morgan fingerprint density at radius 1 is 1.44 bits per heavy atom. The summed E-state index contributed by atoms with van der Waals surface area (Å²) in [6.07, 6.45) is 7.23. The second-order valence-electron chi connectivity index (χ2n) is 4.11. The minimum absolute atomic E-state index is 0.370. The molecule has 84 valence electrons. The van der Waals surface area contributed by atoms with Crippen molar-refractivity contribution < 1.29 is 0 Å². The molecule has 1 aliphatic heterocycles. The van der Waals surface area contributed by atoms with E-state index in [4.69, 9.17) is 11.6 Å². The number of fused-ring (bicyclic) bond motifs is 1. The molecule has 0 aliphatic carbocycles. The predicted molar refractivity (Wildman–Crippen MR) is 62.6 cm³/mol. The van der Waals surface area contributed by atoms with E-state index in [1.807, 2.05) is 12.3 Å². The summed E-state index contributed by atoms with van der Waals surface area (Å²) in [7, 11) is 0. The smallest absolute Gasteiger partial charge is 0.235 e. The summed E-state index contributed by atoms with van der Waals surface area (Å²) in [5, 5.41) is 4.08. The Hall–Kier alpha value is -1.13. The highest BCUT2D eigenvalue weighted by atomic mass is 35.5. The molecule has 0 radical (unpaired) electrons. The quantitative estimate of drug-likeness (QED) is 0.826. The van der Waals surface area contributed by atoms with Gasteiger partial charge < -0.3 is 5.32 Å².